The van der Waals surface area contributed by atoms with E-state index in [0.29, 0.717) is 5.56 Å². The Morgan fingerprint density at radius 3 is 2.75 bits per heavy atom. The van der Waals surface area contributed by atoms with Crippen LogP contribution in [0.25, 0.3) is 11.5 Å². The van der Waals surface area contributed by atoms with Crippen LogP contribution >= 0.6 is 31.9 Å². The zero-order chi connectivity index (χ0) is 11.7. The first-order chi connectivity index (χ1) is 7.58. The molecule has 0 unspecified atom stereocenters. The Bertz CT molecular complexity index is 551. The lowest BCUT2D eigenvalue weighted by Crippen LogP contribution is -1.95. The third-order valence-electron chi connectivity index (χ3n) is 1.88. The maximum absolute atomic E-state index is 10.7. The number of hydrogen-bond acceptors (Lipinski definition) is 3. The Balaban J connectivity index is 2.50. The van der Waals surface area contributed by atoms with Gasteiger partial charge in [-0.3, -0.25) is 0 Å². The van der Waals surface area contributed by atoms with Gasteiger partial charge in [-0.15, -0.1) is 0 Å². The lowest BCUT2D eigenvalue weighted by atomic mass is 10.2. The molecule has 82 valence electrons. The fraction of sp³-hybridized carbons (Fsp3) is 0. The number of nitrogens with zero attached hydrogens (tertiary/aromatic N) is 1. The minimum atomic E-state index is -1.11. The third kappa shape index (κ3) is 2.17. The van der Waals surface area contributed by atoms with E-state index in [4.69, 9.17) is 9.52 Å². The van der Waals surface area contributed by atoms with Crippen LogP contribution in [0.4, 0.5) is 0 Å². The van der Waals surface area contributed by atoms with E-state index >= 15 is 0 Å². The number of carbonyl (C=O) groups is 1. The third-order valence-corrected chi connectivity index (χ3v) is 3.07. The van der Waals surface area contributed by atoms with Gasteiger partial charge in [0.25, 0.3) is 0 Å². The Hall–Kier alpha value is -1.14. The molecule has 0 radical (unpaired) electrons. The standard InChI is InChI=1S/C10H5Br2NO3/c11-5-1-2-7(12)6(3-5)9-13-8(4-16-9)10(14)15/h1-4H,(H,14,15). The molecule has 0 aliphatic heterocycles. The topological polar surface area (TPSA) is 63.3 Å². The number of halogens is 2. The molecule has 0 bridgehead atoms. The fourth-order valence-corrected chi connectivity index (χ4v) is 1.93. The van der Waals surface area contributed by atoms with Crippen molar-refractivity contribution < 1.29 is 14.3 Å². The first-order valence-corrected chi connectivity index (χ1v) is 5.81. The highest BCUT2D eigenvalue weighted by Gasteiger charge is 2.14. The summed E-state index contributed by atoms with van der Waals surface area (Å²) in [5.74, 6) is -0.841. The molecule has 1 aromatic carbocycles. The Labute approximate surface area is 108 Å². The number of rotatable bonds is 2. The van der Waals surface area contributed by atoms with Crippen LogP contribution in [0.1, 0.15) is 10.5 Å². The second-order valence-electron chi connectivity index (χ2n) is 2.97. The summed E-state index contributed by atoms with van der Waals surface area (Å²) in [5, 5.41) is 8.73. The van der Waals surface area contributed by atoms with Gasteiger partial charge in [0.2, 0.25) is 5.89 Å². The molecule has 4 nitrogen and oxygen atoms in total. The zero-order valence-corrected chi connectivity index (χ0v) is 10.9. The summed E-state index contributed by atoms with van der Waals surface area (Å²) >= 11 is 6.67. The predicted molar refractivity (Wildman–Crippen MR) is 64.3 cm³/mol. The van der Waals surface area contributed by atoms with E-state index in [2.05, 4.69) is 36.8 Å². The number of carboxylic acids is 1. The molecule has 1 aromatic heterocycles. The summed E-state index contributed by atoms with van der Waals surface area (Å²) in [6, 6.07) is 5.47. The van der Waals surface area contributed by atoms with Crippen LogP contribution in [0.3, 0.4) is 0 Å². The van der Waals surface area contributed by atoms with Crippen molar-refractivity contribution in [2.45, 2.75) is 0 Å². The van der Waals surface area contributed by atoms with Crippen molar-refractivity contribution in [2.75, 3.05) is 0 Å². The molecule has 2 aromatic rings. The quantitative estimate of drug-likeness (QED) is 0.902. The Kier molecular flexibility index (Phi) is 3.11. The molecule has 0 saturated heterocycles. The lowest BCUT2D eigenvalue weighted by Gasteiger charge is -1.99. The first-order valence-electron chi connectivity index (χ1n) is 4.22. The summed E-state index contributed by atoms with van der Waals surface area (Å²) < 4.78 is 6.75. The van der Waals surface area contributed by atoms with Crippen molar-refractivity contribution in [1.82, 2.24) is 4.98 Å². The molecule has 0 spiro atoms. The maximum atomic E-state index is 10.7. The van der Waals surface area contributed by atoms with Gasteiger partial charge in [-0.25, -0.2) is 9.78 Å². The average Bonchev–Trinajstić information content (AvgIpc) is 2.70. The molecule has 16 heavy (non-hydrogen) atoms. The van der Waals surface area contributed by atoms with E-state index in [0.717, 1.165) is 15.2 Å². The Morgan fingerprint density at radius 2 is 2.12 bits per heavy atom. The van der Waals surface area contributed by atoms with Crippen LogP contribution in [0.5, 0.6) is 0 Å². The zero-order valence-electron chi connectivity index (χ0n) is 7.78. The lowest BCUT2D eigenvalue weighted by molar-refractivity contribution is 0.0690. The van der Waals surface area contributed by atoms with Crippen molar-refractivity contribution in [1.29, 1.82) is 0 Å². The molecule has 0 aliphatic carbocycles. The molecule has 0 atom stereocenters. The van der Waals surface area contributed by atoms with Crippen LogP contribution in [0.2, 0.25) is 0 Å². The number of oxazole rings is 1. The second kappa shape index (κ2) is 4.39. The predicted octanol–water partition coefficient (Wildman–Crippen LogP) is 3.56. The fourth-order valence-electron chi connectivity index (χ4n) is 1.16. The Morgan fingerprint density at radius 1 is 1.38 bits per heavy atom. The SMILES string of the molecule is O=C(O)c1coc(-c2cc(Br)ccc2Br)n1. The summed E-state index contributed by atoms with van der Waals surface area (Å²) in [6.07, 6.45) is 1.12. The van der Waals surface area contributed by atoms with Gasteiger partial charge in [0.05, 0.1) is 5.56 Å². The van der Waals surface area contributed by atoms with Crippen molar-refractivity contribution in [3.8, 4) is 11.5 Å². The average molecular weight is 347 g/mol. The molecular formula is C10H5Br2NO3. The molecule has 0 aliphatic rings. The molecule has 1 N–H and O–H groups in total. The molecule has 0 amide bonds. The van der Waals surface area contributed by atoms with Crippen LogP contribution in [0, 0.1) is 0 Å². The maximum Gasteiger partial charge on any atom is 0.357 e. The van der Waals surface area contributed by atoms with Gasteiger partial charge in [-0.05, 0) is 34.1 Å². The number of benzene rings is 1. The van der Waals surface area contributed by atoms with E-state index in [9.17, 15) is 4.79 Å². The summed E-state index contributed by atoms with van der Waals surface area (Å²) in [4.78, 5) is 14.5. The molecule has 0 saturated carbocycles. The van der Waals surface area contributed by atoms with E-state index < -0.39 is 5.97 Å². The summed E-state index contributed by atoms with van der Waals surface area (Å²) in [6.45, 7) is 0. The highest BCUT2D eigenvalue weighted by molar-refractivity contribution is 9.11. The highest BCUT2D eigenvalue weighted by Crippen LogP contribution is 2.30. The van der Waals surface area contributed by atoms with Crippen molar-refractivity contribution in [2.24, 2.45) is 0 Å². The van der Waals surface area contributed by atoms with Crippen LogP contribution < -0.4 is 0 Å². The number of hydrogen-bond donors (Lipinski definition) is 1. The van der Waals surface area contributed by atoms with Gasteiger partial charge in [-0.1, -0.05) is 15.9 Å². The van der Waals surface area contributed by atoms with Crippen LogP contribution in [0.15, 0.2) is 37.8 Å². The van der Waals surface area contributed by atoms with Gasteiger partial charge >= 0.3 is 5.97 Å². The highest BCUT2D eigenvalue weighted by atomic mass is 79.9. The summed E-state index contributed by atoms with van der Waals surface area (Å²) in [7, 11) is 0. The van der Waals surface area contributed by atoms with Gasteiger partial charge in [-0.2, -0.15) is 0 Å². The van der Waals surface area contributed by atoms with E-state index in [-0.39, 0.29) is 11.6 Å². The van der Waals surface area contributed by atoms with Gasteiger partial charge in [0.1, 0.15) is 6.26 Å². The number of carboxylic acid groups (broad SMARTS) is 1. The van der Waals surface area contributed by atoms with Gasteiger partial charge in [0, 0.05) is 8.95 Å². The van der Waals surface area contributed by atoms with E-state index in [1.54, 1.807) is 6.07 Å². The molecule has 6 heteroatoms. The largest absolute Gasteiger partial charge is 0.476 e. The van der Waals surface area contributed by atoms with Crippen molar-refractivity contribution >= 4 is 37.8 Å². The van der Waals surface area contributed by atoms with Gasteiger partial charge < -0.3 is 9.52 Å². The van der Waals surface area contributed by atoms with Crippen molar-refractivity contribution in [3.63, 3.8) is 0 Å². The molecule has 0 fully saturated rings. The second-order valence-corrected chi connectivity index (χ2v) is 4.74. The molecule has 1 heterocycles. The van der Waals surface area contributed by atoms with Crippen molar-refractivity contribution in [3.05, 3.63) is 39.1 Å². The van der Waals surface area contributed by atoms with E-state index in [1.807, 2.05) is 12.1 Å². The normalized spacial score (nSPS) is 10.4. The first kappa shape index (κ1) is 11.3. The van der Waals surface area contributed by atoms with Gasteiger partial charge in [0.15, 0.2) is 5.69 Å². The van der Waals surface area contributed by atoms with Crippen LogP contribution in [-0.2, 0) is 0 Å². The minimum absolute atomic E-state index is 0.109. The minimum Gasteiger partial charge on any atom is -0.476 e. The van der Waals surface area contributed by atoms with Crippen LogP contribution in [-0.4, -0.2) is 16.1 Å². The molecular weight excluding hydrogens is 342 g/mol. The monoisotopic (exact) mass is 345 g/mol. The number of aromatic carboxylic acids is 1. The van der Waals surface area contributed by atoms with E-state index in [1.165, 1.54) is 0 Å². The summed E-state index contributed by atoms with van der Waals surface area (Å²) in [5.41, 5.74) is 0.587. The smallest absolute Gasteiger partial charge is 0.357 e. The number of aromatic nitrogens is 1. The molecule has 2 rings (SSSR count).